The van der Waals surface area contributed by atoms with Crippen LogP contribution in [0.5, 0.6) is 0 Å². The molecular formula is C18H21N5O2. The molecule has 0 aliphatic heterocycles. The lowest BCUT2D eigenvalue weighted by Crippen LogP contribution is -2.22. The molecule has 2 aromatic rings. The number of aryl methyl sites for hydroxylation is 2. The zero-order chi connectivity index (χ0) is 18.0. The molecule has 0 spiro atoms. The van der Waals surface area contributed by atoms with Crippen molar-refractivity contribution in [3.8, 4) is 0 Å². The maximum atomic E-state index is 12.7. The highest BCUT2D eigenvalue weighted by Crippen LogP contribution is 2.30. The van der Waals surface area contributed by atoms with Crippen LogP contribution in [0, 0.1) is 13.8 Å². The minimum Gasteiger partial charge on any atom is -0.455 e. The number of carbonyl (C=O) groups excluding carboxylic acids is 1. The Balaban J connectivity index is 1.95. The molecule has 1 heterocycles. The van der Waals surface area contributed by atoms with Gasteiger partial charge in [-0.2, -0.15) is 5.10 Å². The second kappa shape index (κ2) is 6.80. The lowest BCUT2D eigenvalue weighted by Gasteiger charge is -2.11. The van der Waals surface area contributed by atoms with Gasteiger partial charge in [0.1, 0.15) is 5.76 Å². The number of carbonyl (C=O) groups is 1. The fraction of sp³-hybridized carbons (Fsp3) is 0.278. The second-order valence-corrected chi connectivity index (χ2v) is 6.05. The number of hydrogen-bond donors (Lipinski definition) is 3. The van der Waals surface area contributed by atoms with Gasteiger partial charge in [-0.25, -0.2) is 0 Å². The van der Waals surface area contributed by atoms with E-state index in [-0.39, 0.29) is 11.9 Å². The van der Waals surface area contributed by atoms with E-state index >= 15 is 0 Å². The smallest absolute Gasteiger partial charge is 0.291 e. The number of anilines is 1. The van der Waals surface area contributed by atoms with Gasteiger partial charge in [0, 0.05) is 23.2 Å². The van der Waals surface area contributed by atoms with E-state index in [0.29, 0.717) is 5.76 Å². The molecule has 5 N–H and O–H groups in total. The lowest BCUT2D eigenvalue weighted by molar-refractivity contribution is 0.0994. The van der Waals surface area contributed by atoms with E-state index in [1.807, 2.05) is 38.1 Å². The average Bonchev–Trinajstić information content (AvgIpc) is 2.93. The largest absolute Gasteiger partial charge is 0.455 e. The number of nitrogens with zero attached hydrogens (tertiary/aromatic N) is 2. The fourth-order valence-corrected chi connectivity index (χ4v) is 3.00. The van der Waals surface area contributed by atoms with E-state index in [0.717, 1.165) is 53.1 Å². The molecule has 1 aliphatic rings. The molecule has 25 heavy (non-hydrogen) atoms. The van der Waals surface area contributed by atoms with Crippen LogP contribution < -0.4 is 16.8 Å². The molecule has 7 nitrogen and oxygen atoms in total. The van der Waals surface area contributed by atoms with E-state index in [4.69, 9.17) is 15.9 Å². The Kier molecular flexibility index (Phi) is 4.56. The molecule has 0 unspecified atom stereocenters. The minimum absolute atomic E-state index is 0.0988. The molecular weight excluding hydrogens is 318 g/mol. The Hall–Kier alpha value is -3.09. The van der Waals surface area contributed by atoms with Crippen LogP contribution in [0.15, 0.2) is 38.9 Å². The molecule has 0 radical (unpaired) electrons. The van der Waals surface area contributed by atoms with E-state index in [1.54, 1.807) is 0 Å². The van der Waals surface area contributed by atoms with E-state index in [2.05, 4.69) is 15.5 Å². The number of guanidine groups is 1. The third-order valence-electron chi connectivity index (χ3n) is 4.21. The molecule has 1 aliphatic carbocycles. The number of fused-ring (bicyclic) bond motifs is 1. The first kappa shape index (κ1) is 16.8. The van der Waals surface area contributed by atoms with Gasteiger partial charge in [-0.15, -0.1) is 5.10 Å². The van der Waals surface area contributed by atoms with Gasteiger partial charge in [-0.3, -0.25) is 4.79 Å². The van der Waals surface area contributed by atoms with E-state index < -0.39 is 0 Å². The van der Waals surface area contributed by atoms with Crippen molar-refractivity contribution in [3.63, 3.8) is 0 Å². The number of rotatable bonds is 3. The van der Waals surface area contributed by atoms with Crippen LogP contribution in [0.1, 0.15) is 45.8 Å². The van der Waals surface area contributed by atoms with Crippen molar-refractivity contribution in [2.45, 2.75) is 33.1 Å². The maximum Gasteiger partial charge on any atom is 0.291 e. The Labute approximate surface area is 145 Å². The summed E-state index contributed by atoms with van der Waals surface area (Å²) in [5.41, 5.74) is 14.8. The number of hydrogen-bond acceptors (Lipinski definition) is 4. The standard InChI is InChI=1S/C18H21N5O2/c1-10-6-3-4-7-12(10)21-17(24)16-11(2)15-13(22-23-18(19)20)8-5-9-14(15)25-16/h3-4,6-7H,5,8-9H2,1-2H3,(H,21,24)(H4,19,20,23)/b22-13+. The summed E-state index contributed by atoms with van der Waals surface area (Å²) in [5.74, 6) is 0.677. The SMILES string of the molecule is Cc1ccccc1NC(=O)c1oc2c(c1C)/C(=N/N=C(N)N)CCC2. The molecule has 130 valence electrons. The highest BCUT2D eigenvalue weighted by atomic mass is 16.4. The Bertz CT molecular complexity index is 876. The lowest BCUT2D eigenvalue weighted by atomic mass is 9.93. The third-order valence-corrected chi connectivity index (χ3v) is 4.21. The van der Waals surface area contributed by atoms with Crippen molar-refractivity contribution in [3.05, 3.63) is 52.5 Å². The zero-order valence-electron chi connectivity index (χ0n) is 14.3. The van der Waals surface area contributed by atoms with Crippen molar-refractivity contribution in [2.75, 3.05) is 5.32 Å². The van der Waals surface area contributed by atoms with E-state index in [9.17, 15) is 4.79 Å². The minimum atomic E-state index is -0.276. The molecule has 0 saturated heterocycles. The summed E-state index contributed by atoms with van der Waals surface area (Å²) in [7, 11) is 0. The van der Waals surface area contributed by atoms with Crippen molar-refractivity contribution in [2.24, 2.45) is 21.7 Å². The number of para-hydroxylation sites is 1. The Morgan fingerprint density at radius 2 is 1.96 bits per heavy atom. The molecule has 1 aromatic carbocycles. The highest BCUT2D eigenvalue weighted by molar-refractivity contribution is 6.09. The first-order valence-electron chi connectivity index (χ1n) is 8.12. The van der Waals surface area contributed by atoms with Crippen LogP contribution in [-0.2, 0) is 6.42 Å². The topological polar surface area (TPSA) is 119 Å². The molecule has 0 atom stereocenters. The van der Waals surface area contributed by atoms with E-state index in [1.165, 1.54) is 0 Å². The maximum absolute atomic E-state index is 12.7. The van der Waals surface area contributed by atoms with Gasteiger partial charge < -0.3 is 21.2 Å². The summed E-state index contributed by atoms with van der Waals surface area (Å²) in [6.45, 7) is 3.79. The molecule has 0 fully saturated rings. The summed E-state index contributed by atoms with van der Waals surface area (Å²) in [6.07, 6.45) is 2.37. The molecule has 1 amide bonds. The first-order valence-corrected chi connectivity index (χ1v) is 8.12. The van der Waals surface area contributed by atoms with Gasteiger partial charge in [0.15, 0.2) is 5.76 Å². The highest BCUT2D eigenvalue weighted by Gasteiger charge is 2.28. The van der Waals surface area contributed by atoms with Gasteiger partial charge in [0.25, 0.3) is 5.91 Å². The van der Waals surface area contributed by atoms with Crippen LogP contribution >= 0.6 is 0 Å². The third kappa shape index (κ3) is 3.40. The van der Waals surface area contributed by atoms with Crippen LogP contribution in [-0.4, -0.2) is 17.6 Å². The number of amides is 1. The fourth-order valence-electron chi connectivity index (χ4n) is 3.00. The summed E-state index contributed by atoms with van der Waals surface area (Å²) >= 11 is 0. The summed E-state index contributed by atoms with van der Waals surface area (Å²) in [4.78, 5) is 12.7. The van der Waals surface area contributed by atoms with Crippen LogP contribution in [0.25, 0.3) is 0 Å². The Morgan fingerprint density at radius 1 is 1.20 bits per heavy atom. The van der Waals surface area contributed by atoms with Gasteiger partial charge in [0.05, 0.1) is 5.71 Å². The van der Waals surface area contributed by atoms with Crippen molar-refractivity contribution < 1.29 is 9.21 Å². The van der Waals surface area contributed by atoms with Gasteiger partial charge >= 0.3 is 0 Å². The predicted octanol–water partition coefficient (Wildman–Crippen LogP) is 2.46. The summed E-state index contributed by atoms with van der Waals surface area (Å²) in [5, 5.41) is 10.8. The number of nitrogens with one attached hydrogen (secondary N) is 1. The van der Waals surface area contributed by atoms with Crippen molar-refractivity contribution in [1.82, 2.24) is 0 Å². The second-order valence-electron chi connectivity index (χ2n) is 6.05. The van der Waals surface area contributed by atoms with Crippen LogP contribution in [0.4, 0.5) is 5.69 Å². The Morgan fingerprint density at radius 3 is 2.68 bits per heavy atom. The van der Waals surface area contributed by atoms with Gasteiger partial charge in [0.2, 0.25) is 5.96 Å². The molecule has 1 aromatic heterocycles. The van der Waals surface area contributed by atoms with Crippen molar-refractivity contribution in [1.29, 1.82) is 0 Å². The summed E-state index contributed by atoms with van der Waals surface area (Å²) < 4.78 is 5.84. The number of nitrogens with two attached hydrogens (primary N) is 2. The average molecular weight is 339 g/mol. The predicted molar refractivity (Wildman–Crippen MR) is 97.9 cm³/mol. The number of benzene rings is 1. The van der Waals surface area contributed by atoms with Crippen LogP contribution in [0.3, 0.4) is 0 Å². The van der Waals surface area contributed by atoms with Crippen molar-refractivity contribution >= 4 is 23.3 Å². The van der Waals surface area contributed by atoms with Gasteiger partial charge in [-0.1, -0.05) is 18.2 Å². The zero-order valence-corrected chi connectivity index (χ0v) is 14.3. The molecule has 0 bridgehead atoms. The quantitative estimate of drug-likeness (QED) is 0.452. The van der Waals surface area contributed by atoms with Crippen LogP contribution in [0.2, 0.25) is 0 Å². The first-order chi connectivity index (χ1) is 12.0. The molecule has 0 saturated carbocycles. The normalized spacial score (nSPS) is 14.9. The number of furan rings is 1. The van der Waals surface area contributed by atoms with Gasteiger partial charge in [-0.05, 0) is 38.3 Å². The summed E-state index contributed by atoms with van der Waals surface area (Å²) in [6, 6.07) is 7.60. The molecule has 7 heteroatoms. The molecule has 3 rings (SSSR count). The monoisotopic (exact) mass is 339 g/mol.